The van der Waals surface area contributed by atoms with Crippen molar-refractivity contribution in [2.45, 2.75) is 20.0 Å². The van der Waals surface area contributed by atoms with Crippen LogP contribution in [0.25, 0.3) is 6.08 Å². The van der Waals surface area contributed by atoms with Crippen molar-refractivity contribution in [1.29, 1.82) is 0 Å². The van der Waals surface area contributed by atoms with Crippen LogP contribution in [-0.4, -0.2) is 29.5 Å². The third kappa shape index (κ3) is 6.24. The molecule has 0 saturated heterocycles. The lowest BCUT2D eigenvalue weighted by Crippen LogP contribution is -2.29. The van der Waals surface area contributed by atoms with Gasteiger partial charge in [0, 0.05) is 23.9 Å². The largest absolute Gasteiger partial charge is 0.494 e. The van der Waals surface area contributed by atoms with Gasteiger partial charge in [-0.2, -0.15) is 0 Å². The fourth-order valence-corrected chi connectivity index (χ4v) is 2.21. The van der Waals surface area contributed by atoms with E-state index in [1.54, 1.807) is 30.3 Å². The number of nitrogens with one attached hydrogen (secondary N) is 1. The van der Waals surface area contributed by atoms with Gasteiger partial charge in [0.1, 0.15) is 5.75 Å². The summed E-state index contributed by atoms with van der Waals surface area (Å²) in [6.07, 6.45) is 1.70. The third-order valence-electron chi connectivity index (χ3n) is 3.59. The van der Waals surface area contributed by atoms with E-state index in [1.807, 2.05) is 6.92 Å². The van der Waals surface area contributed by atoms with E-state index < -0.39 is 22.9 Å². The third-order valence-corrected chi connectivity index (χ3v) is 3.59. The molecule has 146 valence electrons. The standard InChI is InChI=1S/C20H20N2O6/c1-3-27-18-10-7-15(8-11-18)9-12-19(23)28-14(2)20(24)21-16-5-4-6-17(13-16)22(25)26/h4-14H,3H2,1-2H3,(H,21,24)/b12-9+. The Morgan fingerprint density at radius 3 is 2.57 bits per heavy atom. The predicted molar refractivity (Wildman–Crippen MR) is 104 cm³/mol. The molecule has 2 aromatic rings. The van der Waals surface area contributed by atoms with Gasteiger partial charge in [0.25, 0.3) is 11.6 Å². The van der Waals surface area contributed by atoms with Gasteiger partial charge >= 0.3 is 5.97 Å². The summed E-state index contributed by atoms with van der Waals surface area (Å²) in [4.78, 5) is 34.2. The Bertz CT molecular complexity index is 877. The number of hydrogen-bond donors (Lipinski definition) is 1. The zero-order valence-electron chi connectivity index (χ0n) is 15.5. The van der Waals surface area contributed by atoms with Gasteiger partial charge in [0.2, 0.25) is 0 Å². The number of amides is 1. The first kappa shape index (κ1) is 20.6. The second-order valence-electron chi connectivity index (χ2n) is 5.71. The number of esters is 1. The molecule has 1 atom stereocenters. The zero-order valence-corrected chi connectivity index (χ0v) is 15.5. The second-order valence-corrected chi connectivity index (χ2v) is 5.71. The molecule has 0 aliphatic heterocycles. The molecular weight excluding hydrogens is 364 g/mol. The first-order valence-corrected chi connectivity index (χ1v) is 8.56. The molecule has 0 bridgehead atoms. The van der Waals surface area contributed by atoms with E-state index in [2.05, 4.69) is 5.32 Å². The van der Waals surface area contributed by atoms with E-state index >= 15 is 0 Å². The summed E-state index contributed by atoms with van der Waals surface area (Å²) in [7, 11) is 0. The number of carbonyl (C=O) groups excluding carboxylic acids is 2. The summed E-state index contributed by atoms with van der Waals surface area (Å²) in [6, 6.07) is 12.6. The highest BCUT2D eigenvalue weighted by atomic mass is 16.6. The van der Waals surface area contributed by atoms with Crippen molar-refractivity contribution in [3.05, 3.63) is 70.3 Å². The van der Waals surface area contributed by atoms with Crippen molar-refractivity contribution in [2.75, 3.05) is 11.9 Å². The van der Waals surface area contributed by atoms with Gasteiger partial charge in [0.05, 0.1) is 11.5 Å². The number of anilines is 1. The molecule has 8 nitrogen and oxygen atoms in total. The number of carbonyl (C=O) groups is 2. The number of non-ortho nitro benzene ring substituents is 1. The van der Waals surface area contributed by atoms with Gasteiger partial charge in [-0.1, -0.05) is 18.2 Å². The van der Waals surface area contributed by atoms with E-state index in [0.717, 1.165) is 11.3 Å². The van der Waals surface area contributed by atoms with Crippen LogP contribution < -0.4 is 10.1 Å². The summed E-state index contributed by atoms with van der Waals surface area (Å²) in [6.45, 7) is 3.87. The average Bonchev–Trinajstić information content (AvgIpc) is 2.67. The fourth-order valence-electron chi connectivity index (χ4n) is 2.21. The van der Waals surface area contributed by atoms with Crippen LogP contribution in [-0.2, 0) is 14.3 Å². The Morgan fingerprint density at radius 2 is 1.93 bits per heavy atom. The smallest absolute Gasteiger partial charge is 0.331 e. The lowest BCUT2D eigenvalue weighted by molar-refractivity contribution is -0.384. The fraction of sp³-hybridized carbons (Fsp3) is 0.200. The highest BCUT2D eigenvalue weighted by Crippen LogP contribution is 2.17. The van der Waals surface area contributed by atoms with E-state index in [4.69, 9.17) is 9.47 Å². The van der Waals surface area contributed by atoms with E-state index in [0.29, 0.717) is 6.61 Å². The maximum atomic E-state index is 12.1. The lowest BCUT2D eigenvalue weighted by Gasteiger charge is -2.12. The Hall–Kier alpha value is -3.68. The molecule has 0 aromatic heterocycles. The molecule has 0 radical (unpaired) electrons. The van der Waals surface area contributed by atoms with E-state index in [-0.39, 0.29) is 11.4 Å². The van der Waals surface area contributed by atoms with Gasteiger partial charge in [-0.05, 0) is 43.7 Å². The van der Waals surface area contributed by atoms with Crippen LogP contribution in [0, 0.1) is 10.1 Å². The number of rotatable bonds is 8. The van der Waals surface area contributed by atoms with Crippen LogP contribution in [0.5, 0.6) is 5.75 Å². The summed E-state index contributed by atoms with van der Waals surface area (Å²) >= 11 is 0. The molecule has 1 unspecified atom stereocenters. The molecule has 28 heavy (non-hydrogen) atoms. The lowest BCUT2D eigenvalue weighted by atomic mass is 10.2. The zero-order chi connectivity index (χ0) is 20.5. The molecule has 1 amide bonds. The number of ether oxygens (including phenoxy) is 2. The van der Waals surface area contributed by atoms with Crippen molar-refractivity contribution in [2.24, 2.45) is 0 Å². The quantitative estimate of drug-likeness (QED) is 0.323. The van der Waals surface area contributed by atoms with Gasteiger partial charge in [0.15, 0.2) is 6.10 Å². The van der Waals surface area contributed by atoms with Crippen LogP contribution >= 0.6 is 0 Å². The summed E-state index contributed by atoms with van der Waals surface area (Å²) < 4.78 is 10.4. The molecule has 0 saturated carbocycles. The van der Waals surface area contributed by atoms with E-state index in [9.17, 15) is 19.7 Å². The van der Waals surface area contributed by atoms with Crippen molar-refractivity contribution in [3.8, 4) is 5.75 Å². The average molecular weight is 384 g/mol. The number of nitro benzene ring substituents is 1. The molecule has 1 N–H and O–H groups in total. The van der Waals surface area contributed by atoms with Gasteiger partial charge in [-0.3, -0.25) is 14.9 Å². The number of hydrogen-bond acceptors (Lipinski definition) is 6. The predicted octanol–water partition coefficient (Wildman–Crippen LogP) is 3.58. The highest BCUT2D eigenvalue weighted by Gasteiger charge is 2.17. The van der Waals surface area contributed by atoms with Crippen LogP contribution in [0.1, 0.15) is 19.4 Å². The monoisotopic (exact) mass is 384 g/mol. The highest BCUT2D eigenvalue weighted by molar-refractivity contribution is 5.96. The van der Waals surface area contributed by atoms with Crippen LogP contribution in [0.4, 0.5) is 11.4 Å². The van der Waals surface area contributed by atoms with Crippen molar-refractivity contribution < 1.29 is 24.0 Å². The Morgan fingerprint density at radius 1 is 1.21 bits per heavy atom. The molecule has 0 heterocycles. The van der Waals surface area contributed by atoms with Crippen molar-refractivity contribution >= 4 is 29.3 Å². The van der Waals surface area contributed by atoms with Crippen molar-refractivity contribution in [1.82, 2.24) is 0 Å². The topological polar surface area (TPSA) is 108 Å². The maximum Gasteiger partial charge on any atom is 0.331 e. The molecule has 2 rings (SSSR count). The first-order valence-electron chi connectivity index (χ1n) is 8.56. The summed E-state index contributed by atoms with van der Waals surface area (Å²) in [5.74, 6) is -0.549. The van der Waals surface area contributed by atoms with Crippen LogP contribution in [0.2, 0.25) is 0 Å². The normalized spacial score (nSPS) is 11.6. The molecule has 8 heteroatoms. The van der Waals surface area contributed by atoms with Crippen molar-refractivity contribution in [3.63, 3.8) is 0 Å². The number of nitro groups is 1. The second kappa shape index (κ2) is 9.86. The molecule has 0 spiro atoms. The minimum atomic E-state index is -1.07. The van der Waals surface area contributed by atoms with Gasteiger partial charge in [-0.25, -0.2) is 4.79 Å². The number of benzene rings is 2. The number of nitrogens with zero attached hydrogens (tertiary/aromatic N) is 1. The summed E-state index contributed by atoms with van der Waals surface area (Å²) in [5.41, 5.74) is 0.863. The van der Waals surface area contributed by atoms with Gasteiger partial charge in [-0.15, -0.1) is 0 Å². The van der Waals surface area contributed by atoms with E-state index in [1.165, 1.54) is 37.3 Å². The van der Waals surface area contributed by atoms with Crippen LogP contribution in [0.15, 0.2) is 54.6 Å². The Labute approximate surface area is 161 Å². The Balaban J connectivity index is 1.89. The summed E-state index contributed by atoms with van der Waals surface area (Å²) in [5, 5.41) is 13.2. The minimum absolute atomic E-state index is 0.152. The van der Waals surface area contributed by atoms with Gasteiger partial charge < -0.3 is 14.8 Å². The first-order chi connectivity index (χ1) is 13.4. The molecule has 0 aliphatic carbocycles. The molecule has 2 aromatic carbocycles. The molecular formula is C20H20N2O6. The Kier molecular flexibility index (Phi) is 7.27. The molecule has 0 fully saturated rings. The SMILES string of the molecule is CCOc1ccc(/C=C/C(=O)OC(C)C(=O)Nc2cccc([N+](=O)[O-])c2)cc1. The minimum Gasteiger partial charge on any atom is -0.494 e. The van der Waals surface area contributed by atoms with Crippen LogP contribution in [0.3, 0.4) is 0 Å². The maximum absolute atomic E-state index is 12.1. The molecule has 0 aliphatic rings.